The fourth-order valence-corrected chi connectivity index (χ4v) is 2.11. The Morgan fingerprint density at radius 3 is 2.54 bits per heavy atom. The average molecular weight is 230 g/mol. The van der Waals surface area contributed by atoms with Crippen molar-refractivity contribution < 1.29 is 22.4 Å². The predicted molar refractivity (Wildman–Crippen MR) is 50.5 cm³/mol. The normalized spacial score (nSPS) is 18.1. The summed E-state index contributed by atoms with van der Waals surface area (Å²) in [6, 6.07) is 0. The molecule has 1 N–H and O–H groups in total. The maximum atomic E-state index is 10.9. The summed E-state index contributed by atoms with van der Waals surface area (Å²) in [5, 5.41) is 0. The van der Waals surface area contributed by atoms with E-state index >= 15 is 0 Å². The molecule has 0 aromatic carbocycles. The van der Waals surface area contributed by atoms with Gasteiger partial charge in [0.1, 0.15) is 0 Å². The molecule has 0 saturated heterocycles. The molecule has 0 fully saturated rings. The molecule has 13 heavy (non-hydrogen) atoms. The minimum Gasteiger partial charge on any atom is -0.313 e. The molecular formula is C6H15O5PS. The third kappa shape index (κ3) is 5.54. The van der Waals surface area contributed by atoms with Crippen molar-refractivity contribution in [3.05, 3.63) is 0 Å². The molecule has 0 heterocycles. The number of hydrogen-bond acceptors (Lipinski definition) is 4. The molecule has 0 aliphatic heterocycles. The third-order valence-corrected chi connectivity index (χ3v) is 4.45. The molecule has 0 aromatic heterocycles. The zero-order valence-electron chi connectivity index (χ0n) is 7.76. The molecule has 0 aromatic rings. The lowest BCUT2D eigenvalue weighted by Crippen LogP contribution is -2.01. The first-order chi connectivity index (χ1) is 6.04. The van der Waals surface area contributed by atoms with Crippen LogP contribution in [0.4, 0.5) is 0 Å². The Kier molecular flexibility index (Phi) is 6.81. The first-order valence-electron chi connectivity index (χ1n) is 3.99. The van der Waals surface area contributed by atoms with Crippen LogP contribution in [0.25, 0.3) is 0 Å². The summed E-state index contributed by atoms with van der Waals surface area (Å²) in [6.07, 6.45) is 2.68. The van der Waals surface area contributed by atoms with Gasteiger partial charge in [-0.15, -0.1) is 0 Å². The van der Waals surface area contributed by atoms with Gasteiger partial charge in [0.15, 0.2) is 0 Å². The summed E-state index contributed by atoms with van der Waals surface area (Å²) < 4.78 is 30.5. The predicted octanol–water partition coefficient (Wildman–Crippen LogP) is 1.60. The van der Waals surface area contributed by atoms with E-state index in [9.17, 15) is 8.77 Å². The molecule has 0 spiro atoms. The minimum absolute atomic E-state index is 0.217. The highest BCUT2D eigenvalue weighted by atomic mass is 32.8. The van der Waals surface area contributed by atoms with Gasteiger partial charge in [-0.05, 0) is 6.42 Å². The molecule has 7 heteroatoms. The molecule has 0 aliphatic carbocycles. The highest BCUT2D eigenvalue weighted by molar-refractivity contribution is 8.43. The van der Waals surface area contributed by atoms with Gasteiger partial charge in [0.25, 0.3) is 10.7 Å². The quantitative estimate of drug-likeness (QED) is 0.531. The van der Waals surface area contributed by atoms with Crippen molar-refractivity contribution in [3.8, 4) is 0 Å². The minimum atomic E-state index is -4.06. The zero-order chi connectivity index (χ0) is 10.3. The highest BCUT2D eigenvalue weighted by Gasteiger charge is 2.28. The van der Waals surface area contributed by atoms with Gasteiger partial charge in [0, 0.05) is 7.11 Å². The molecule has 0 aliphatic rings. The van der Waals surface area contributed by atoms with E-state index in [4.69, 9.17) is 4.89 Å². The van der Waals surface area contributed by atoms with Gasteiger partial charge in [0.2, 0.25) is 0 Å². The third-order valence-electron chi connectivity index (χ3n) is 1.35. The van der Waals surface area contributed by atoms with Crippen LogP contribution in [0.5, 0.6) is 0 Å². The smallest absolute Gasteiger partial charge is 0.313 e. The SMILES string of the molecule is CCCCCOS(=O)P(=O)(O)OC. The van der Waals surface area contributed by atoms with E-state index in [1.54, 1.807) is 0 Å². The second-order valence-electron chi connectivity index (χ2n) is 2.40. The van der Waals surface area contributed by atoms with E-state index in [0.717, 1.165) is 26.4 Å². The molecule has 0 radical (unpaired) electrons. The largest absolute Gasteiger partial charge is 0.442 e. The van der Waals surface area contributed by atoms with E-state index in [-0.39, 0.29) is 6.61 Å². The highest BCUT2D eigenvalue weighted by Crippen LogP contribution is 2.45. The Hall–Kier alpha value is 0.260. The van der Waals surface area contributed by atoms with Crippen LogP contribution in [-0.4, -0.2) is 22.8 Å². The lowest BCUT2D eigenvalue weighted by molar-refractivity contribution is 0.308. The standard InChI is InChI=1S/C6H15O5PS/c1-3-4-5-6-11-13(9)12(7,8)10-2/h3-6H2,1-2H3,(H,7,8). The van der Waals surface area contributed by atoms with E-state index in [0.29, 0.717) is 0 Å². The lowest BCUT2D eigenvalue weighted by Gasteiger charge is -2.07. The summed E-state index contributed by atoms with van der Waals surface area (Å²) in [5.41, 5.74) is 0. The van der Waals surface area contributed by atoms with Crippen LogP contribution in [0.3, 0.4) is 0 Å². The van der Waals surface area contributed by atoms with E-state index in [1.807, 2.05) is 6.92 Å². The van der Waals surface area contributed by atoms with Gasteiger partial charge in [-0.2, -0.15) is 0 Å². The van der Waals surface area contributed by atoms with E-state index in [2.05, 4.69) is 8.71 Å². The second-order valence-corrected chi connectivity index (χ2v) is 6.65. The fraction of sp³-hybridized carbons (Fsp3) is 1.00. The summed E-state index contributed by atoms with van der Waals surface area (Å²) in [7, 11) is -1.22. The van der Waals surface area contributed by atoms with E-state index < -0.39 is 17.5 Å². The lowest BCUT2D eigenvalue weighted by atomic mass is 10.3. The molecule has 0 amide bonds. The summed E-state index contributed by atoms with van der Waals surface area (Å²) in [5.74, 6) is 0. The van der Waals surface area contributed by atoms with Crippen molar-refractivity contribution >= 4 is 17.5 Å². The topological polar surface area (TPSA) is 72.8 Å². The van der Waals surface area contributed by atoms with Crippen LogP contribution in [-0.2, 0) is 24.0 Å². The van der Waals surface area contributed by atoms with Crippen molar-refractivity contribution in [1.29, 1.82) is 0 Å². The number of hydrogen-bond donors (Lipinski definition) is 1. The first kappa shape index (κ1) is 13.3. The Labute approximate surface area is 80.4 Å². The van der Waals surface area contributed by atoms with Gasteiger partial charge in [-0.3, -0.25) is 4.18 Å². The summed E-state index contributed by atoms with van der Waals surface area (Å²) in [4.78, 5) is 8.86. The molecule has 5 nitrogen and oxygen atoms in total. The van der Waals surface area contributed by atoms with Crippen molar-refractivity contribution in [2.24, 2.45) is 0 Å². The first-order valence-corrected chi connectivity index (χ1v) is 7.24. The van der Waals surface area contributed by atoms with Crippen molar-refractivity contribution in [2.45, 2.75) is 26.2 Å². The monoisotopic (exact) mass is 230 g/mol. The van der Waals surface area contributed by atoms with Crippen LogP contribution < -0.4 is 0 Å². The van der Waals surface area contributed by atoms with Gasteiger partial charge in [-0.1, -0.05) is 19.8 Å². The van der Waals surface area contributed by atoms with Gasteiger partial charge >= 0.3 is 6.80 Å². The zero-order valence-corrected chi connectivity index (χ0v) is 9.48. The van der Waals surface area contributed by atoms with E-state index in [1.165, 1.54) is 0 Å². The molecule has 0 bridgehead atoms. The maximum Gasteiger partial charge on any atom is 0.442 e. The van der Waals surface area contributed by atoms with Crippen LogP contribution in [0.1, 0.15) is 26.2 Å². The van der Waals surface area contributed by atoms with Crippen LogP contribution >= 0.6 is 6.80 Å². The fourth-order valence-electron chi connectivity index (χ4n) is 0.610. The van der Waals surface area contributed by atoms with Crippen molar-refractivity contribution in [3.63, 3.8) is 0 Å². The molecule has 0 rings (SSSR count). The molecule has 2 atom stereocenters. The van der Waals surface area contributed by atoms with Crippen LogP contribution in [0.15, 0.2) is 0 Å². The molecule has 80 valence electrons. The average Bonchev–Trinajstić information content (AvgIpc) is 2.12. The maximum absolute atomic E-state index is 10.9. The van der Waals surface area contributed by atoms with Gasteiger partial charge in [-0.25, -0.2) is 8.77 Å². The Bertz CT molecular complexity index is 207. The number of unbranched alkanes of at least 4 members (excludes halogenated alkanes) is 2. The van der Waals surface area contributed by atoms with Crippen molar-refractivity contribution in [1.82, 2.24) is 0 Å². The van der Waals surface area contributed by atoms with Gasteiger partial charge in [0.05, 0.1) is 6.61 Å². The van der Waals surface area contributed by atoms with Gasteiger partial charge < -0.3 is 9.42 Å². The molecular weight excluding hydrogens is 215 g/mol. The van der Waals surface area contributed by atoms with Crippen molar-refractivity contribution in [2.75, 3.05) is 13.7 Å². The molecule has 0 saturated carbocycles. The summed E-state index contributed by atoms with van der Waals surface area (Å²) >= 11 is 0. The Morgan fingerprint density at radius 1 is 1.46 bits per heavy atom. The van der Waals surface area contributed by atoms with Crippen LogP contribution in [0.2, 0.25) is 0 Å². The summed E-state index contributed by atoms with van der Waals surface area (Å²) in [6.45, 7) is -1.83. The van der Waals surface area contributed by atoms with Crippen LogP contribution in [0, 0.1) is 0 Å². The second kappa shape index (κ2) is 6.68. The molecule has 2 unspecified atom stereocenters. The number of rotatable bonds is 7. The Balaban J connectivity index is 3.69. The Morgan fingerprint density at radius 2 is 2.08 bits per heavy atom.